The molecule has 0 aliphatic heterocycles. The van der Waals surface area contributed by atoms with Crippen LogP contribution in [-0.2, 0) is 5.75 Å². The van der Waals surface area contributed by atoms with Crippen LogP contribution in [0, 0.1) is 0 Å². The summed E-state index contributed by atoms with van der Waals surface area (Å²) in [5.74, 6) is 1.47. The molecular formula is C11H15NO2S. The van der Waals surface area contributed by atoms with Crippen molar-refractivity contribution >= 4 is 17.0 Å². The quantitative estimate of drug-likeness (QED) is 0.792. The average molecular weight is 225 g/mol. The number of hydrogen-bond acceptors (Lipinski definition) is 3. The molecule has 0 aliphatic rings. The lowest BCUT2D eigenvalue weighted by Crippen LogP contribution is -2.16. The molecule has 0 saturated heterocycles. The lowest BCUT2D eigenvalue weighted by Gasteiger charge is -2.10. The maximum absolute atomic E-state index is 11.4. The molecule has 0 saturated carbocycles. The first kappa shape index (κ1) is 11.9. The molecule has 0 fully saturated rings. The number of nitrogens with zero attached hydrogens (tertiary/aromatic N) is 1. The summed E-state index contributed by atoms with van der Waals surface area (Å²) in [6, 6.07) is 7.73. The lowest BCUT2D eigenvalue weighted by atomic mass is 10.2. The molecule has 0 radical (unpaired) electrons. The summed E-state index contributed by atoms with van der Waals surface area (Å²) < 4.78 is 5.20. The Bertz CT molecular complexity index is 339. The van der Waals surface area contributed by atoms with Crippen molar-refractivity contribution < 1.29 is 9.53 Å². The van der Waals surface area contributed by atoms with Gasteiger partial charge in [-0.15, -0.1) is 0 Å². The van der Waals surface area contributed by atoms with Crippen LogP contribution >= 0.6 is 11.8 Å². The van der Waals surface area contributed by atoms with Crippen LogP contribution in [0.15, 0.2) is 24.3 Å². The van der Waals surface area contributed by atoms with Crippen LogP contribution in [-0.4, -0.2) is 31.3 Å². The van der Waals surface area contributed by atoms with Gasteiger partial charge in [-0.05, 0) is 6.07 Å². The summed E-state index contributed by atoms with van der Waals surface area (Å²) in [7, 11) is 5.13. The molecule has 1 aromatic carbocycles. The van der Waals surface area contributed by atoms with Crippen molar-refractivity contribution in [1.82, 2.24) is 4.90 Å². The number of carbonyl (C=O) groups excluding carboxylic acids is 1. The molecule has 15 heavy (non-hydrogen) atoms. The second-order valence-corrected chi connectivity index (χ2v) is 4.19. The molecule has 0 unspecified atom stereocenters. The van der Waals surface area contributed by atoms with Gasteiger partial charge < -0.3 is 9.64 Å². The molecule has 1 aromatic rings. The Morgan fingerprint density at radius 1 is 1.40 bits per heavy atom. The van der Waals surface area contributed by atoms with Crippen molar-refractivity contribution in [3.05, 3.63) is 29.8 Å². The number of amides is 1. The first-order valence-electron chi connectivity index (χ1n) is 4.61. The molecule has 0 aliphatic carbocycles. The first-order valence-corrected chi connectivity index (χ1v) is 5.59. The van der Waals surface area contributed by atoms with Crippen LogP contribution < -0.4 is 4.74 Å². The molecule has 0 aromatic heterocycles. The number of hydrogen-bond donors (Lipinski definition) is 0. The van der Waals surface area contributed by atoms with Crippen LogP contribution in [0.2, 0.25) is 0 Å². The second kappa shape index (κ2) is 5.66. The Labute approximate surface area is 94.4 Å². The molecule has 0 spiro atoms. The molecule has 82 valence electrons. The first-order chi connectivity index (χ1) is 7.15. The Morgan fingerprint density at radius 3 is 2.67 bits per heavy atom. The zero-order chi connectivity index (χ0) is 11.3. The van der Waals surface area contributed by atoms with E-state index >= 15 is 0 Å². The summed E-state index contributed by atoms with van der Waals surface area (Å²) in [5, 5.41) is 0.0564. The van der Waals surface area contributed by atoms with Crippen LogP contribution in [0.1, 0.15) is 5.56 Å². The number of ether oxygens (including phenoxy) is 1. The predicted octanol–water partition coefficient (Wildman–Crippen LogP) is 2.61. The molecular weight excluding hydrogens is 210 g/mol. The third-order valence-electron chi connectivity index (χ3n) is 1.91. The largest absolute Gasteiger partial charge is 0.496 e. The van der Waals surface area contributed by atoms with Crippen LogP contribution in [0.3, 0.4) is 0 Å². The minimum absolute atomic E-state index is 0.0564. The van der Waals surface area contributed by atoms with E-state index in [9.17, 15) is 4.79 Å². The van der Waals surface area contributed by atoms with E-state index in [1.165, 1.54) is 11.8 Å². The SMILES string of the molecule is COc1ccccc1CSC(=O)N(C)C. The highest BCUT2D eigenvalue weighted by Gasteiger charge is 2.07. The monoisotopic (exact) mass is 225 g/mol. The van der Waals surface area contributed by atoms with Crippen LogP contribution in [0.4, 0.5) is 4.79 Å². The number of para-hydroxylation sites is 1. The zero-order valence-corrected chi connectivity index (χ0v) is 10.0. The van der Waals surface area contributed by atoms with Crippen molar-refractivity contribution in [2.75, 3.05) is 21.2 Å². The highest BCUT2D eigenvalue weighted by molar-refractivity contribution is 8.12. The fourth-order valence-electron chi connectivity index (χ4n) is 1.09. The van der Waals surface area contributed by atoms with Crippen LogP contribution in [0.5, 0.6) is 5.75 Å². The fourth-order valence-corrected chi connectivity index (χ4v) is 1.87. The number of rotatable bonds is 3. The number of carbonyl (C=O) groups is 1. The van der Waals surface area contributed by atoms with Gasteiger partial charge in [0.1, 0.15) is 5.75 Å². The van der Waals surface area contributed by atoms with Gasteiger partial charge in [0.2, 0.25) is 0 Å². The summed E-state index contributed by atoms with van der Waals surface area (Å²) >= 11 is 1.27. The van der Waals surface area contributed by atoms with E-state index in [-0.39, 0.29) is 5.24 Å². The van der Waals surface area contributed by atoms with Gasteiger partial charge in [-0.3, -0.25) is 4.79 Å². The maximum Gasteiger partial charge on any atom is 0.281 e. The van der Waals surface area contributed by atoms with Crippen molar-refractivity contribution in [3.63, 3.8) is 0 Å². The lowest BCUT2D eigenvalue weighted by molar-refractivity contribution is 0.241. The van der Waals surface area contributed by atoms with Gasteiger partial charge in [-0.25, -0.2) is 0 Å². The summed E-state index contributed by atoms with van der Waals surface area (Å²) in [6.07, 6.45) is 0. The van der Waals surface area contributed by atoms with Gasteiger partial charge in [0, 0.05) is 25.4 Å². The molecule has 1 rings (SSSR count). The Morgan fingerprint density at radius 2 is 2.07 bits per heavy atom. The van der Waals surface area contributed by atoms with Gasteiger partial charge >= 0.3 is 0 Å². The highest BCUT2D eigenvalue weighted by atomic mass is 32.2. The van der Waals surface area contributed by atoms with Crippen molar-refractivity contribution in [2.45, 2.75) is 5.75 Å². The minimum Gasteiger partial charge on any atom is -0.496 e. The molecule has 0 bridgehead atoms. The second-order valence-electron chi connectivity index (χ2n) is 3.26. The third kappa shape index (κ3) is 3.47. The van der Waals surface area contributed by atoms with E-state index in [0.29, 0.717) is 5.75 Å². The van der Waals surface area contributed by atoms with E-state index in [1.807, 2.05) is 24.3 Å². The zero-order valence-electron chi connectivity index (χ0n) is 9.19. The molecule has 0 heterocycles. The fraction of sp³-hybridized carbons (Fsp3) is 0.364. The maximum atomic E-state index is 11.4. The number of thioether (sulfide) groups is 1. The van der Waals surface area contributed by atoms with E-state index < -0.39 is 0 Å². The summed E-state index contributed by atoms with van der Waals surface area (Å²) in [6.45, 7) is 0. The number of benzene rings is 1. The summed E-state index contributed by atoms with van der Waals surface area (Å²) in [5.41, 5.74) is 1.04. The van der Waals surface area contributed by atoms with Gasteiger partial charge in [0.25, 0.3) is 5.24 Å². The minimum atomic E-state index is 0.0564. The van der Waals surface area contributed by atoms with E-state index in [2.05, 4.69) is 0 Å². The molecule has 0 atom stereocenters. The smallest absolute Gasteiger partial charge is 0.281 e. The Hall–Kier alpha value is -1.16. The molecule has 4 heteroatoms. The summed E-state index contributed by atoms with van der Waals surface area (Å²) in [4.78, 5) is 12.9. The number of methoxy groups -OCH3 is 1. The molecule has 0 N–H and O–H groups in total. The van der Waals surface area contributed by atoms with Gasteiger partial charge in [0.05, 0.1) is 7.11 Å². The van der Waals surface area contributed by atoms with E-state index in [0.717, 1.165) is 11.3 Å². The Kier molecular flexibility index (Phi) is 4.49. The van der Waals surface area contributed by atoms with Crippen molar-refractivity contribution in [1.29, 1.82) is 0 Å². The van der Waals surface area contributed by atoms with Crippen molar-refractivity contribution in [2.24, 2.45) is 0 Å². The Balaban J connectivity index is 2.61. The normalized spacial score (nSPS) is 9.80. The van der Waals surface area contributed by atoms with Crippen molar-refractivity contribution in [3.8, 4) is 5.75 Å². The average Bonchev–Trinajstić information content (AvgIpc) is 2.26. The van der Waals surface area contributed by atoms with E-state index in [1.54, 1.807) is 26.1 Å². The van der Waals surface area contributed by atoms with Gasteiger partial charge in [-0.1, -0.05) is 30.0 Å². The van der Waals surface area contributed by atoms with Gasteiger partial charge in [-0.2, -0.15) is 0 Å². The third-order valence-corrected chi connectivity index (χ3v) is 2.98. The molecule has 1 amide bonds. The highest BCUT2D eigenvalue weighted by Crippen LogP contribution is 2.23. The predicted molar refractivity (Wildman–Crippen MR) is 63.4 cm³/mol. The molecule has 3 nitrogen and oxygen atoms in total. The topological polar surface area (TPSA) is 29.5 Å². The standard InChI is InChI=1S/C11H15NO2S/c1-12(2)11(13)15-8-9-6-4-5-7-10(9)14-3/h4-7H,8H2,1-3H3. The van der Waals surface area contributed by atoms with E-state index in [4.69, 9.17) is 4.74 Å². The van der Waals surface area contributed by atoms with Crippen LogP contribution in [0.25, 0.3) is 0 Å². The van der Waals surface area contributed by atoms with Gasteiger partial charge in [0.15, 0.2) is 0 Å².